The highest BCUT2D eigenvalue weighted by molar-refractivity contribution is 5.83. The topological polar surface area (TPSA) is 96.0 Å². The summed E-state index contributed by atoms with van der Waals surface area (Å²) in [7, 11) is 0. The third kappa shape index (κ3) is 4.59. The van der Waals surface area contributed by atoms with E-state index in [1.165, 1.54) is 19.3 Å². The number of anilines is 2. The number of aryl methyl sites for hydroxylation is 2. The van der Waals surface area contributed by atoms with E-state index in [2.05, 4.69) is 30.2 Å². The Bertz CT molecular complexity index is 1100. The lowest BCUT2D eigenvalue weighted by Crippen LogP contribution is -2.33. The van der Waals surface area contributed by atoms with Gasteiger partial charge in [0, 0.05) is 29.3 Å². The summed E-state index contributed by atoms with van der Waals surface area (Å²) in [6, 6.07) is 5.88. The average Bonchev–Trinajstić information content (AvgIpc) is 2.72. The molecule has 1 aliphatic heterocycles. The highest BCUT2D eigenvalue weighted by atomic mass is 16.5. The van der Waals surface area contributed by atoms with Crippen LogP contribution in [-0.4, -0.2) is 51.1 Å². The number of aromatic amines is 1. The van der Waals surface area contributed by atoms with E-state index >= 15 is 0 Å². The second-order valence-electron chi connectivity index (χ2n) is 7.81. The van der Waals surface area contributed by atoms with Crippen molar-refractivity contribution >= 4 is 22.8 Å². The third-order valence-corrected chi connectivity index (χ3v) is 5.61. The van der Waals surface area contributed by atoms with Crippen molar-refractivity contribution in [3.05, 3.63) is 45.5 Å². The molecule has 2 aromatic heterocycles. The Kier molecular flexibility index (Phi) is 5.94. The minimum absolute atomic E-state index is 0.174. The van der Waals surface area contributed by atoms with Gasteiger partial charge >= 0.3 is 0 Å². The maximum absolute atomic E-state index is 12.0. The number of nitrogens with zero attached hydrogens (tertiary/aromatic N) is 4. The van der Waals surface area contributed by atoms with Crippen molar-refractivity contribution < 1.29 is 4.74 Å². The van der Waals surface area contributed by atoms with Crippen LogP contribution in [0.15, 0.2) is 23.0 Å². The summed E-state index contributed by atoms with van der Waals surface area (Å²) in [5.74, 6) is 1.51. The number of fused-ring (bicyclic) bond motifs is 1. The van der Waals surface area contributed by atoms with Gasteiger partial charge in [-0.2, -0.15) is 0 Å². The van der Waals surface area contributed by atoms with Gasteiger partial charge in [-0.25, -0.2) is 15.0 Å². The lowest BCUT2D eigenvalue weighted by molar-refractivity contribution is 0.183. The summed E-state index contributed by atoms with van der Waals surface area (Å²) in [5, 5.41) is 3.98. The smallest absolute Gasteiger partial charge is 0.255 e. The summed E-state index contributed by atoms with van der Waals surface area (Å²) in [6.45, 7) is 9.41. The number of hydrogen-bond acceptors (Lipinski definition) is 7. The van der Waals surface area contributed by atoms with E-state index in [0.29, 0.717) is 29.8 Å². The monoisotopic (exact) mass is 408 g/mol. The van der Waals surface area contributed by atoms with Crippen LogP contribution in [0.4, 0.5) is 11.9 Å². The molecule has 3 heterocycles. The largest absolute Gasteiger partial charge is 0.492 e. The van der Waals surface area contributed by atoms with Gasteiger partial charge in [0.2, 0.25) is 11.9 Å². The van der Waals surface area contributed by atoms with Gasteiger partial charge < -0.3 is 4.74 Å². The number of piperidine rings is 1. The highest BCUT2D eigenvalue weighted by Gasteiger charge is 2.11. The molecule has 8 heteroatoms. The standard InChI is InChI=1S/C22H28N6O2/c1-14-15(2)23-22(26-20(14)29)27-21-24-16(3)18-8-7-17(13-19(18)25-21)30-12-11-28-9-5-4-6-10-28/h7-8,13H,4-6,9-12H2,1-3H3,(H2,23,24,25,26,27,29). The molecule has 1 saturated heterocycles. The molecule has 0 bridgehead atoms. The highest BCUT2D eigenvalue weighted by Crippen LogP contribution is 2.23. The van der Waals surface area contributed by atoms with Gasteiger partial charge in [0.25, 0.3) is 5.56 Å². The van der Waals surface area contributed by atoms with Gasteiger partial charge in [-0.15, -0.1) is 0 Å². The molecule has 1 fully saturated rings. The molecule has 1 aromatic carbocycles. The second kappa shape index (κ2) is 8.79. The van der Waals surface area contributed by atoms with Crippen LogP contribution in [0.2, 0.25) is 0 Å². The molecule has 0 aliphatic carbocycles. The molecule has 0 amide bonds. The van der Waals surface area contributed by atoms with Crippen molar-refractivity contribution in [2.45, 2.75) is 40.0 Å². The number of hydrogen-bond donors (Lipinski definition) is 2. The molecule has 1 aliphatic rings. The number of nitrogens with one attached hydrogen (secondary N) is 2. The molecule has 8 nitrogen and oxygen atoms in total. The van der Waals surface area contributed by atoms with E-state index in [0.717, 1.165) is 42.0 Å². The molecule has 0 atom stereocenters. The molecule has 0 spiro atoms. The lowest BCUT2D eigenvalue weighted by Gasteiger charge is -2.26. The van der Waals surface area contributed by atoms with Crippen molar-refractivity contribution in [2.24, 2.45) is 0 Å². The second-order valence-corrected chi connectivity index (χ2v) is 7.81. The Balaban J connectivity index is 1.50. The Morgan fingerprint density at radius 3 is 2.63 bits per heavy atom. The van der Waals surface area contributed by atoms with Gasteiger partial charge in [0.05, 0.1) is 11.2 Å². The quantitative estimate of drug-likeness (QED) is 0.646. The van der Waals surface area contributed by atoms with Crippen molar-refractivity contribution in [1.29, 1.82) is 0 Å². The zero-order valence-corrected chi connectivity index (χ0v) is 17.8. The van der Waals surface area contributed by atoms with Crippen LogP contribution in [0.25, 0.3) is 10.9 Å². The fraction of sp³-hybridized carbons (Fsp3) is 0.455. The molecule has 4 rings (SSSR count). The normalized spacial score (nSPS) is 14.8. The van der Waals surface area contributed by atoms with Gasteiger partial charge in [-0.05, 0) is 58.8 Å². The Morgan fingerprint density at radius 1 is 1.07 bits per heavy atom. The fourth-order valence-electron chi connectivity index (χ4n) is 3.70. The zero-order chi connectivity index (χ0) is 21.1. The summed E-state index contributed by atoms with van der Waals surface area (Å²) < 4.78 is 5.98. The zero-order valence-electron chi connectivity index (χ0n) is 17.8. The van der Waals surface area contributed by atoms with Crippen LogP contribution in [0.5, 0.6) is 5.75 Å². The molecule has 2 N–H and O–H groups in total. The number of ether oxygens (including phenoxy) is 1. The first kappa shape index (κ1) is 20.3. The van der Waals surface area contributed by atoms with Crippen LogP contribution in [-0.2, 0) is 0 Å². The summed E-state index contributed by atoms with van der Waals surface area (Å²) in [6.07, 6.45) is 3.90. The SMILES string of the molecule is Cc1nc(Nc2nc(C)c3ccc(OCCN4CCCCC4)cc3n2)[nH]c(=O)c1C. The first-order valence-electron chi connectivity index (χ1n) is 10.5. The Hall–Kier alpha value is -3.00. The van der Waals surface area contributed by atoms with Crippen LogP contribution < -0.4 is 15.6 Å². The summed E-state index contributed by atoms with van der Waals surface area (Å²) in [4.78, 5) is 30.6. The van der Waals surface area contributed by atoms with Gasteiger partial charge in [-0.1, -0.05) is 6.42 Å². The van der Waals surface area contributed by atoms with Crippen molar-refractivity contribution in [2.75, 3.05) is 31.6 Å². The Morgan fingerprint density at radius 2 is 1.87 bits per heavy atom. The third-order valence-electron chi connectivity index (χ3n) is 5.61. The molecule has 158 valence electrons. The van der Waals surface area contributed by atoms with Crippen LogP contribution in [0.1, 0.15) is 36.2 Å². The average molecular weight is 409 g/mol. The predicted molar refractivity (Wildman–Crippen MR) is 118 cm³/mol. The summed E-state index contributed by atoms with van der Waals surface area (Å²) >= 11 is 0. The maximum Gasteiger partial charge on any atom is 0.255 e. The molecule has 30 heavy (non-hydrogen) atoms. The van der Waals surface area contributed by atoms with Crippen LogP contribution in [0, 0.1) is 20.8 Å². The number of benzene rings is 1. The van der Waals surface area contributed by atoms with Gasteiger partial charge in [0.15, 0.2) is 0 Å². The molecule has 0 saturated carbocycles. The predicted octanol–water partition coefficient (Wildman–Crippen LogP) is 3.25. The van der Waals surface area contributed by atoms with E-state index < -0.39 is 0 Å². The lowest BCUT2D eigenvalue weighted by atomic mass is 10.1. The van der Waals surface area contributed by atoms with E-state index in [4.69, 9.17) is 4.74 Å². The Labute approximate surface area is 175 Å². The first-order chi connectivity index (χ1) is 14.5. The fourth-order valence-corrected chi connectivity index (χ4v) is 3.70. The number of likely N-dealkylation sites (tertiary alicyclic amines) is 1. The summed E-state index contributed by atoms with van der Waals surface area (Å²) in [5.41, 5.74) is 2.72. The molecular weight excluding hydrogens is 380 g/mol. The number of rotatable bonds is 6. The van der Waals surface area contributed by atoms with Crippen molar-refractivity contribution in [3.63, 3.8) is 0 Å². The maximum atomic E-state index is 12.0. The van der Waals surface area contributed by atoms with Gasteiger partial charge in [0.1, 0.15) is 12.4 Å². The van der Waals surface area contributed by atoms with E-state index in [-0.39, 0.29) is 5.56 Å². The van der Waals surface area contributed by atoms with E-state index in [1.807, 2.05) is 25.1 Å². The number of aromatic nitrogens is 4. The van der Waals surface area contributed by atoms with Crippen LogP contribution in [0.3, 0.4) is 0 Å². The molecule has 0 unspecified atom stereocenters. The number of H-pyrrole nitrogens is 1. The molecule has 0 radical (unpaired) electrons. The minimum Gasteiger partial charge on any atom is -0.492 e. The van der Waals surface area contributed by atoms with Gasteiger partial charge in [-0.3, -0.25) is 20.0 Å². The first-order valence-corrected chi connectivity index (χ1v) is 10.5. The van der Waals surface area contributed by atoms with Crippen LogP contribution >= 0.6 is 0 Å². The van der Waals surface area contributed by atoms with Crippen molar-refractivity contribution in [3.8, 4) is 5.75 Å². The molecular formula is C22H28N6O2. The molecule has 3 aromatic rings. The van der Waals surface area contributed by atoms with E-state index in [1.54, 1.807) is 13.8 Å². The minimum atomic E-state index is -0.174. The van der Waals surface area contributed by atoms with Crippen molar-refractivity contribution in [1.82, 2.24) is 24.8 Å². The van der Waals surface area contributed by atoms with E-state index in [9.17, 15) is 4.79 Å².